The van der Waals surface area contributed by atoms with E-state index >= 15 is 0 Å². The van der Waals surface area contributed by atoms with Crippen molar-refractivity contribution in [2.45, 2.75) is 51.3 Å². The summed E-state index contributed by atoms with van der Waals surface area (Å²) < 4.78 is 31.5. The molecule has 1 heterocycles. The lowest BCUT2D eigenvalue weighted by molar-refractivity contribution is 0.341. The van der Waals surface area contributed by atoms with Crippen LogP contribution in [-0.4, -0.2) is 32.4 Å². The molecule has 0 fully saturated rings. The zero-order valence-electron chi connectivity index (χ0n) is 12.1. The van der Waals surface area contributed by atoms with Gasteiger partial charge in [-0.25, -0.2) is 8.42 Å². The van der Waals surface area contributed by atoms with Crippen molar-refractivity contribution in [1.82, 2.24) is 9.62 Å². The highest BCUT2D eigenvalue weighted by atomic mass is 32.2. The van der Waals surface area contributed by atoms with E-state index in [1.165, 1.54) is 10.4 Å². The van der Waals surface area contributed by atoms with Gasteiger partial charge in [-0.3, -0.25) is 0 Å². The Hall–Kier alpha value is -0.850. The van der Waals surface area contributed by atoms with Crippen LogP contribution in [0.5, 0.6) is 0 Å². The number of nitrogens with zero attached hydrogens (tertiary/aromatic N) is 1. The number of hydrogen-bond acceptors (Lipinski definition) is 4. The van der Waals surface area contributed by atoms with Crippen LogP contribution in [0.15, 0.2) is 21.6 Å². The third-order valence-corrected chi connectivity index (χ3v) is 4.99. The maximum atomic E-state index is 12.3. The quantitative estimate of drug-likeness (QED) is 0.796. The number of hydrogen-bond donors (Lipinski definition) is 1. The van der Waals surface area contributed by atoms with Gasteiger partial charge in [0.2, 0.25) is 5.09 Å². The summed E-state index contributed by atoms with van der Waals surface area (Å²) >= 11 is 0. The van der Waals surface area contributed by atoms with Gasteiger partial charge in [-0.1, -0.05) is 20.3 Å². The van der Waals surface area contributed by atoms with Gasteiger partial charge in [0.1, 0.15) is 5.76 Å². The van der Waals surface area contributed by atoms with Crippen LogP contribution in [-0.2, 0) is 16.6 Å². The van der Waals surface area contributed by atoms with E-state index in [1.54, 1.807) is 13.1 Å². The van der Waals surface area contributed by atoms with Crippen molar-refractivity contribution in [1.29, 1.82) is 0 Å². The minimum absolute atomic E-state index is 0.0193. The van der Waals surface area contributed by atoms with E-state index in [9.17, 15) is 8.42 Å². The molecule has 19 heavy (non-hydrogen) atoms. The van der Waals surface area contributed by atoms with Crippen LogP contribution >= 0.6 is 0 Å². The highest BCUT2D eigenvalue weighted by Crippen LogP contribution is 2.20. The molecule has 0 radical (unpaired) electrons. The molecule has 0 bridgehead atoms. The minimum Gasteiger partial charge on any atom is -0.447 e. The summed E-state index contributed by atoms with van der Waals surface area (Å²) in [6.07, 6.45) is 1.78. The van der Waals surface area contributed by atoms with E-state index in [2.05, 4.69) is 5.32 Å². The largest absolute Gasteiger partial charge is 0.447 e. The topological polar surface area (TPSA) is 62.6 Å². The molecule has 1 aromatic rings. The van der Waals surface area contributed by atoms with Gasteiger partial charge < -0.3 is 9.73 Å². The second kappa shape index (κ2) is 7.07. The second-order valence-corrected chi connectivity index (χ2v) is 6.59. The smallest absolute Gasteiger partial charge is 0.276 e. The Morgan fingerprint density at radius 3 is 2.63 bits per heavy atom. The van der Waals surface area contributed by atoms with E-state index in [0.717, 1.165) is 19.4 Å². The van der Waals surface area contributed by atoms with E-state index < -0.39 is 10.0 Å². The summed E-state index contributed by atoms with van der Waals surface area (Å²) in [5, 5.41) is 3.12. The van der Waals surface area contributed by atoms with Gasteiger partial charge in [0.25, 0.3) is 10.0 Å². The monoisotopic (exact) mass is 288 g/mol. The molecule has 1 unspecified atom stereocenters. The molecule has 1 atom stereocenters. The number of rotatable bonds is 8. The van der Waals surface area contributed by atoms with Gasteiger partial charge in [0.15, 0.2) is 0 Å². The molecule has 1 rings (SSSR count). The second-order valence-electron chi connectivity index (χ2n) is 4.66. The Morgan fingerprint density at radius 2 is 2.05 bits per heavy atom. The van der Waals surface area contributed by atoms with Crippen molar-refractivity contribution in [3.05, 3.63) is 17.9 Å². The molecule has 0 aliphatic rings. The SMILES string of the molecule is CCCC(C)N(C)S(=O)(=O)c1ccc(CNCC)o1. The third-order valence-electron chi connectivity index (χ3n) is 3.15. The van der Waals surface area contributed by atoms with Crippen LogP contribution in [0.3, 0.4) is 0 Å². The lowest BCUT2D eigenvalue weighted by Gasteiger charge is -2.22. The van der Waals surface area contributed by atoms with Crippen molar-refractivity contribution in [3.63, 3.8) is 0 Å². The Morgan fingerprint density at radius 1 is 1.37 bits per heavy atom. The molecular weight excluding hydrogens is 264 g/mol. The summed E-state index contributed by atoms with van der Waals surface area (Å²) in [5.74, 6) is 0.636. The Bertz CT molecular complexity index is 482. The molecule has 0 saturated heterocycles. The zero-order valence-corrected chi connectivity index (χ0v) is 13.0. The standard InChI is InChI=1S/C13H24N2O3S/c1-5-7-11(3)15(4)19(16,17)13-9-8-12(18-13)10-14-6-2/h8-9,11,14H,5-7,10H2,1-4H3. The molecule has 0 spiro atoms. The fraction of sp³-hybridized carbons (Fsp3) is 0.692. The first-order valence-electron chi connectivity index (χ1n) is 6.70. The Labute approximate surface area is 116 Å². The van der Waals surface area contributed by atoms with Crippen molar-refractivity contribution in [2.24, 2.45) is 0 Å². The molecule has 0 aliphatic heterocycles. The predicted octanol–water partition coefficient (Wildman–Crippen LogP) is 2.20. The third kappa shape index (κ3) is 4.06. The first kappa shape index (κ1) is 16.2. The lowest BCUT2D eigenvalue weighted by atomic mass is 10.2. The van der Waals surface area contributed by atoms with Crippen LogP contribution in [0, 0.1) is 0 Å². The fourth-order valence-corrected chi connectivity index (χ4v) is 3.13. The van der Waals surface area contributed by atoms with Crippen LogP contribution in [0.2, 0.25) is 0 Å². The molecule has 1 N–H and O–H groups in total. The minimum atomic E-state index is -3.53. The van der Waals surface area contributed by atoms with Gasteiger partial charge in [-0.05, 0) is 32.0 Å². The van der Waals surface area contributed by atoms with E-state index in [0.29, 0.717) is 12.3 Å². The van der Waals surface area contributed by atoms with Gasteiger partial charge >= 0.3 is 0 Å². The number of nitrogens with one attached hydrogen (secondary N) is 1. The van der Waals surface area contributed by atoms with Crippen molar-refractivity contribution >= 4 is 10.0 Å². The molecule has 5 nitrogen and oxygen atoms in total. The number of sulfonamides is 1. The van der Waals surface area contributed by atoms with Gasteiger partial charge in [0.05, 0.1) is 6.54 Å². The van der Waals surface area contributed by atoms with Crippen LogP contribution in [0.25, 0.3) is 0 Å². The van der Waals surface area contributed by atoms with Crippen LogP contribution in [0.4, 0.5) is 0 Å². The van der Waals surface area contributed by atoms with E-state index in [-0.39, 0.29) is 11.1 Å². The number of furan rings is 1. The zero-order chi connectivity index (χ0) is 14.5. The van der Waals surface area contributed by atoms with Gasteiger partial charge in [0, 0.05) is 13.1 Å². The van der Waals surface area contributed by atoms with Crippen LogP contribution in [0.1, 0.15) is 39.4 Å². The molecule has 0 amide bonds. The maximum absolute atomic E-state index is 12.3. The Kier molecular flexibility index (Phi) is 6.03. The lowest BCUT2D eigenvalue weighted by Crippen LogP contribution is -2.34. The van der Waals surface area contributed by atoms with Crippen molar-refractivity contribution in [3.8, 4) is 0 Å². The average molecular weight is 288 g/mol. The van der Waals surface area contributed by atoms with Crippen LogP contribution < -0.4 is 5.32 Å². The summed E-state index contributed by atoms with van der Waals surface area (Å²) in [7, 11) is -1.93. The summed E-state index contributed by atoms with van der Waals surface area (Å²) in [6.45, 7) is 7.29. The highest BCUT2D eigenvalue weighted by Gasteiger charge is 2.27. The summed E-state index contributed by atoms with van der Waals surface area (Å²) in [5.41, 5.74) is 0. The normalized spacial score (nSPS) is 13.9. The van der Waals surface area contributed by atoms with E-state index in [1.807, 2.05) is 20.8 Å². The summed E-state index contributed by atoms with van der Waals surface area (Å²) in [6, 6.07) is 3.20. The highest BCUT2D eigenvalue weighted by molar-refractivity contribution is 7.89. The predicted molar refractivity (Wildman–Crippen MR) is 75.4 cm³/mol. The van der Waals surface area contributed by atoms with Gasteiger partial charge in [-0.15, -0.1) is 0 Å². The van der Waals surface area contributed by atoms with E-state index in [4.69, 9.17) is 4.42 Å². The van der Waals surface area contributed by atoms with Crippen molar-refractivity contribution in [2.75, 3.05) is 13.6 Å². The molecule has 1 aromatic heterocycles. The van der Waals surface area contributed by atoms with Crippen molar-refractivity contribution < 1.29 is 12.8 Å². The average Bonchev–Trinajstić information content (AvgIpc) is 2.85. The molecule has 6 heteroatoms. The Balaban J connectivity index is 2.84. The molecule has 0 saturated carbocycles. The first-order valence-corrected chi connectivity index (χ1v) is 8.14. The molecular formula is C13H24N2O3S. The first-order chi connectivity index (χ1) is 8.93. The fourth-order valence-electron chi connectivity index (χ4n) is 1.82. The molecule has 0 aliphatic carbocycles. The summed E-state index contributed by atoms with van der Waals surface area (Å²) in [4.78, 5) is 0. The maximum Gasteiger partial charge on any atom is 0.276 e. The molecule has 110 valence electrons. The van der Waals surface area contributed by atoms with Gasteiger partial charge in [-0.2, -0.15) is 4.31 Å². The molecule has 0 aromatic carbocycles.